The molecule has 2 rings (SSSR count). The number of phosphoric ester groups is 1. The summed E-state index contributed by atoms with van der Waals surface area (Å²) in [6.07, 6.45) is 10.6. The Morgan fingerprint density at radius 3 is 2.03 bits per heavy atom. The van der Waals surface area contributed by atoms with Crippen LogP contribution in [0.25, 0.3) is 0 Å². The molecule has 1 aromatic carbocycles. The zero-order valence-electron chi connectivity index (χ0n) is 25.3. The van der Waals surface area contributed by atoms with Gasteiger partial charge in [0.1, 0.15) is 18.5 Å². The van der Waals surface area contributed by atoms with Crippen molar-refractivity contribution < 1.29 is 32.4 Å². The Labute approximate surface area is 236 Å². The Bertz CT molecular complexity index is 883. The summed E-state index contributed by atoms with van der Waals surface area (Å²) in [5, 5.41) is 0. The molecule has 1 fully saturated rings. The lowest BCUT2D eigenvalue weighted by Gasteiger charge is -2.40. The lowest BCUT2D eigenvalue weighted by Crippen LogP contribution is -2.54. The number of nitrogens with zero attached hydrogens (tertiary/aromatic N) is 1. The van der Waals surface area contributed by atoms with Crippen LogP contribution in [-0.2, 0) is 29.5 Å². The Kier molecular flexibility index (Phi) is 13.8. The molecule has 1 aliphatic heterocycles. The molecule has 1 aromatic rings. The number of carbonyl (C=O) groups excluding carboxylic acids is 1. The van der Waals surface area contributed by atoms with Gasteiger partial charge in [-0.15, -0.1) is 0 Å². The summed E-state index contributed by atoms with van der Waals surface area (Å²) in [4.78, 5) is 14.0. The molecule has 0 atom stereocenters. The first-order valence-electron chi connectivity index (χ1n) is 14.6. The predicted molar refractivity (Wildman–Crippen MR) is 155 cm³/mol. The van der Waals surface area contributed by atoms with Gasteiger partial charge in [-0.3, -0.25) is 13.6 Å². The van der Waals surface area contributed by atoms with Crippen molar-refractivity contribution >= 4 is 13.9 Å². The second-order valence-corrected chi connectivity index (χ2v) is 13.8. The van der Waals surface area contributed by atoms with E-state index >= 15 is 0 Å². The first kappa shape index (κ1) is 33.6. The minimum Gasteiger partial charge on any atom is -0.494 e. The highest BCUT2D eigenvalue weighted by atomic mass is 31.2. The summed E-state index contributed by atoms with van der Waals surface area (Å²) in [7, 11) is -3.83. The van der Waals surface area contributed by atoms with Crippen LogP contribution < -0.4 is 4.74 Å². The molecule has 0 N–H and O–H groups in total. The smallest absolute Gasteiger partial charge is 0.476 e. The van der Waals surface area contributed by atoms with Gasteiger partial charge in [-0.2, -0.15) is 0 Å². The average Bonchev–Trinajstić information content (AvgIpc) is 2.78. The van der Waals surface area contributed by atoms with Gasteiger partial charge in [0.05, 0.1) is 30.9 Å². The molecule has 0 spiro atoms. The highest BCUT2D eigenvalue weighted by Crippen LogP contribution is 2.56. The highest BCUT2D eigenvalue weighted by molar-refractivity contribution is 7.48. The zero-order valence-corrected chi connectivity index (χ0v) is 26.2. The molecule has 8 nitrogen and oxygen atoms in total. The van der Waals surface area contributed by atoms with E-state index in [1.165, 1.54) is 56.3 Å². The number of carbonyl (C=O) groups is 1. The van der Waals surface area contributed by atoms with E-state index in [1.54, 1.807) is 41.5 Å². The number of ether oxygens (including phenoxy) is 2. The Balaban J connectivity index is 1.67. The monoisotopic (exact) mass is 569 g/mol. The number of benzene rings is 1. The van der Waals surface area contributed by atoms with Crippen molar-refractivity contribution in [2.45, 2.75) is 130 Å². The van der Waals surface area contributed by atoms with Crippen molar-refractivity contribution in [3.63, 3.8) is 0 Å². The molecule has 1 saturated heterocycles. The summed E-state index contributed by atoms with van der Waals surface area (Å²) in [5.41, 5.74) is -0.563. The van der Waals surface area contributed by atoms with Gasteiger partial charge in [0.25, 0.3) is 0 Å². The van der Waals surface area contributed by atoms with Crippen molar-refractivity contribution in [1.29, 1.82) is 0 Å². The van der Waals surface area contributed by atoms with E-state index in [0.29, 0.717) is 6.61 Å². The molecular formula is C30H52NO7P. The van der Waals surface area contributed by atoms with Crippen molar-refractivity contribution in [1.82, 2.24) is 4.90 Å². The summed E-state index contributed by atoms with van der Waals surface area (Å²) in [6, 6.07) is 7.65. The van der Waals surface area contributed by atoms with E-state index in [-0.39, 0.29) is 19.7 Å². The molecule has 9 heteroatoms. The summed E-state index contributed by atoms with van der Waals surface area (Å²) in [6.45, 7) is 14.3. The van der Waals surface area contributed by atoms with Gasteiger partial charge < -0.3 is 14.4 Å². The number of unbranched alkanes of at least 4 members (excludes halogenated alkanes) is 8. The predicted octanol–water partition coefficient (Wildman–Crippen LogP) is 8.67. The van der Waals surface area contributed by atoms with Crippen LogP contribution in [0.4, 0.5) is 4.79 Å². The Hall–Kier alpha value is -1.60. The van der Waals surface area contributed by atoms with Gasteiger partial charge >= 0.3 is 13.9 Å². The molecule has 0 aromatic heterocycles. The first-order valence-corrected chi connectivity index (χ1v) is 16.1. The second-order valence-electron chi connectivity index (χ2n) is 12.4. The lowest BCUT2D eigenvalue weighted by atomic mass is 10.1. The average molecular weight is 570 g/mol. The number of hydrogen-bond acceptors (Lipinski definition) is 7. The van der Waals surface area contributed by atoms with Gasteiger partial charge in [0, 0.05) is 0 Å². The molecule has 39 heavy (non-hydrogen) atoms. The Morgan fingerprint density at radius 1 is 0.897 bits per heavy atom. The maximum atomic E-state index is 13.2. The van der Waals surface area contributed by atoms with Gasteiger partial charge in [-0.05, 0) is 65.7 Å². The molecule has 1 aliphatic rings. The fourth-order valence-electron chi connectivity index (χ4n) is 4.13. The van der Waals surface area contributed by atoms with Crippen LogP contribution in [0.2, 0.25) is 0 Å². The fourth-order valence-corrected chi connectivity index (χ4v) is 6.10. The topological polar surface area (TPSA) is 83.5 Å². The zero-order chi connectivity index (χ0) is 28.9. The molecular weight excluding hydrogens is 517 g/mol. The van der Waals surface area contributed by atoms with E-state index in [1.807, 2.05) is 24.3 Å². The van der Waals surface area contributed by atoms with Crippen LogP contribution in [0.15, 0.2) is 24.3 Å². The van der Waals surface area contributed by atoms with Crippen molar-refractivity contribution in [2.75, 3.05) is 19.7 Å². The number of amides is 1. The molecule has 0 bridgehead atoms. The number of rotatable bonds is 17. The number of phosphoric acid groups is 1. The van der Waals surface area contributed by atoms with Crippen LogP contribution in [-0.4, -0.2) is 48.0 Å². The van der Waals surface area contributed by atoms with Gasteiger partial charge in [0.2, 0.25) is 0 Å². The van der Waals surface area contributed by atoms with Crippen LogP contribution in [0, 0.1) is 0 Å². The van der Waals surface area contributed by atoms with Crippen LogP contribution in [0.3, 0.4) is 0 Å². The molecule has 0 radical (unpaired) electrons. The van der Waals surface area contributed by atoms with Crippen molar-refractivity contribution in [3.8, 4) is 5.75 Å². The fraction of sp³-hybridized carbons (Fsp3) is 0.767. The largest absolute Gasteiger partial charge is 0.494 e. The second kappa shape index (κ2) is 16.0. The Morgan fingerprint density at radius 2 is 1.46 bits per heavy atom. The minimum absolute atomic E-state index is 0.148. The first-order chi connectivity index (χ1) is 18.3. The summed E-state index contributed by atoms with van der Waals surface area (Å²) < 4.78 is 41.6. The van der Waals surface area contributed by atoms with E-state index in [9.17, 15) is 9.36 Å². The van der Waals surface area contributed by atoms with E-state index in [2.05, 4.69) is 6.92 Å². The molecule has 0 unspecified atom stereocenters. The lowest BCUT2D eigenvalue weighted by molar-refractivity contribution is -0.0475. The number of hydrogen-bond donors (Lipinski definition) is 0. The molecule has 0 aliphatic carbocycles. The molecule has 224 valence electrons. The van der Waals surface area contributed by atoms with Crippen LogP contribution >= 0.6 is 7.82 Å². The standard InChI is InChI=1S/C30H52NO7P/c1-8-9-10-11-12-13-14-15-16-20-34-26-19-17-18-25(21-26)24-35-28(32)31-22-27(23-31)36-39(33,37-29(2,3)4)38-30(5,6)7/h17-19,21,27H,8-16,20,22-24H2,1-7H3. The maximum Gasteiger partial charge on any atom is 0.476 e. The van der Waals surface area contributed by atoms with E-state index in [4.69, 9.17) is 23.0 Å². The third kappa shape index (κ3) is 14.6. The quantitative estimate of drug-likeness (QED) is 0.137. The molecule has 0 saturated carbocycles. The normalized spacial score (nSPS) is 14.8. The minimum atomic E-state index is -3.83. The van der Waals surface area contributed by atoms with Gasteiger partial charge in [0.15, 0.2) is 0 Å². The van der Waals surface area contributed by atoms with Crippen molar-refractivity contribution in [3.05, 3.63) is 29.8 Å². The van der Waals surface area contributed by atoms with Gasteiger partial charge in [-0.25, -0.2) is 9.36 Å². The van der Waals surface area contributed by atoms with E-state index < -0.39 is 31.2 Å². The maximum absolute atomic E-state index is 13.2. The summed E-state index contributed by atoms with van der Waals surface area (Å²) in [5.74, 6) is 0.786. The third-order valence-corrected chi connectivity index (χ3v) is 8.03. The van der Waals surface area contributed by atoms with Gasteiger partial charge in [-0.1, -0.05) is 70.4 Å². The SMILES string of the molecule is CCCCCCCCCCCOc1cccc(COC(=O)N2CC(OP(=O)(OC(C)(C)C)OC(C)(C)C)C2)c1. The van der Waals surface area contributed by atoms with Crippen LogP contribution in [0.5, 0.6) is 5.75 Å². The van der Waals surface area contributed by atoms with E-state index in [0.717, 1.165) is 17.7 Å². The summed E-state index contributed by atoms with van der Waals surface area (Å²) >= 11 is 0. The third-order valence-electron chi connectivity index (χ3n) is 5.93. The van der Waals surface area contributed by atoms with Crippen molar-refractivity contribution in [2.24, 2.45) is 0 Å². The number of likely N-dealkylation sites (tertiary alicyclic amines) is 1. The van der Waals surface area contributed by atoms with Crippen LogP contribution in [0.1, 0.15) is 112 Å². The highest BCUT2D eigenvalue weighted by Gasteiger charge is 2.43. The molecule has 1 heterocycles. The molecule has 1 amide bonds.